The molecule has 0 N–H and O–H groups in total. The summed E-state index contributed by atoms with van der Waals surface area (Å²) in [5.74, 6) is 1.78. The van der Waals surface area contributed by atoms with Crippen LogP contribution in [0.3, 0.4) is 0 Å². The molecule has 0 radical (unpaired) electrons. The van der Waals surface area contributed by atoms with Crippen molar-refractivity contribution in [2.45, 2.75) is 38.6 Å². The second-order valence-corrected chi connectivity index (χ2v) is 4.79. The monoisotopic (exact) mass is 239 g/mol. The van der Waals surface area contributed by atoms with Crippen LogP contribution in [0.2, 0.25) is 0 Å². The molecular weight excluding hydrogens is 222 g/mol. The van der Waals surface area contributed by atoms with Gasteiger partial charge in [0.25, 0.3) is 0 Å². The third-order valence-electron chi connectivity index (χ3n) is 3.12. The molecule has 1 aromatic rings. The van der Waals surface area contributed by atoms with Crippen LogP contribution in [0.5, 0.6) is 0 Å². The Kier molecular flexibility index (Phi) is 3.99. The van der Waals surface area contributed by atoms with Gasteiger partial charge in [-0.2, -0.15) is 5.10 Å². The Labute approximate surface area is 102 Å². The zero-order valence-corrected chi connectivity index (χ0v) is 10.5. The standard InChI is InChI=1S/C12H18ClN3/c1-10-8-12(15-14-9-10)16-7-3-5-11(16)4-2-6-13/h8-9,11H,2-7H2,1H3. The van der Waals surface area contributed by atoms with Gasteiger partial charge >= 0.3 is 0 Å². The first-order chi connectivity index (χ1) is 7.81. The van der Waals surface area contributed by atoms with Crippen LogP contribution in [0.25, 0.3) is 0 Å². The maximum Gasteiger partial charge on any atom is 0.151 e. The summed E-state index contributed by atoms with van der Waals surface area (Å²) in [6.07, 6.45) is 6.56. The van der Waals surface area contributed by atoms with E-state index in [4.69, 9.17) is 11.6 Å². The van der Waals surface area contributed by atoms with Gasteiger partial charge in [0.2, 0.25) is 0 Å². The highest BCUT2D eigenvalue weighted by Gasteiger charge is 2.25. The maximum absolute atomic E-state index is 5.75. The number of aromatic nitrogens is 2. The van der Waals surface area contributed by atoms with Crippen molar-refractivity contribution >= 4 is 17.4 Å². The van der Waals surface area contributed by atoms with Gasteiger partial charge in [0.15, 0.2) is 5.82 Å². The summed E-state index contributed by atoms with van der Waals surface area (Å²) in [5.41, 5.74) is 1.17. The lowest BCUT2D eigenvalue weighted by Crippen LogP contribution is -2.30. The summed E-state index contributed by atoms with van der Waals surface area (Å²) in [4.78, 5) is 2.38. The van der Waals surface area contributed by atoms with E-state index in [0.717, 1.165) is 24.7 Å². The van der Waals surface area contributed by atoms with E-state index < -0.39 is 0 Å². The molecule has 88 valence electrons. The van der Waals surface area contributed by atoms with E-state index >= 15 is 0 Å². The van der Waals surface area contributed by atoms with E-state index in [-0.39, 0.29) is 0 Å². The van der Waals surface area contributed by atoms with Gasteiger partial charge in [-0.25, -0.2) is 0 Å². The van der Waals surface area contributed by atoms with Crippen LogP contribution in [0, 0.1) is 6.92 Å². The molecule has 0 bridgehead atoms. The number of anilines is 1. The van der Waals surface area contributed by atoms with Gasteiger partial charge in [-0.3, -0.25) is 0 Å². The zero-order chi connectivity index (χ0) is 11.4. The molecule has 1 atom stereocenters. The number of aryl methyl sites for hydroxylation is 1. The molecule has 1 aliphatic rings. The Bertz CT molecular complexity index is 343. The van der Waals surface area contributed by atoms with E-state index in [1.807, 2.05) is 0 Å². The highest BCUT2D eigenvalue weighted by Crippen LogP contribution is 2.26. The highest BCUT2D eigenvalue weighted by molar-refractivity contribution is 6.17. The SMILES string of the molecule is Cc1cnnc(N2CCCC2CCCCl)c1. The summed E-state index contributed by atoms with van der Waals surface area (Å²) < 4.78 is 0. The van der Waals surface area contributed by atoms with Crippen LogP contribution < -0.4 is 4.90 Å². The van der Waals surface area contributed by atoms with Crippen molar-refractivity contribution in [1.82, 2.24) is 10.2 Å². The number of hydrogen-bond donors (Lipinski definition) is 0. The fraction of sp³-hybridized carbons (Fsp3) is 0.667. The molecule has 0 aliphatic carbocycles. The zero-order valence-electron chi connectivity index (χ0n) is 9.69. The molecule has 3 nitrogen and oxygen atoms in total. The third-order valence-corrected chi connectivity index (χ3v) is 3.39. The molecule has 1 fully saturated rings. The van der Waals surface area contributed by atoms with Crippen LogP contribution in [-0.2, 0) is 0 Å². The van der Waals surface area contributed by atoms with Gasteiger partial charge in [0.1, 0.15) is 0 Å². The van der Waals surface area contributed by atoms with Crippen LogP contribution in [0.4, 0.5) is 5.82 Å². The minimum atomic E-state index is 0.606. The number of halogens is 1. The fourth-order valence-corrected chi connectivity index (χ4v) is 2.49. The molecule has 4 heteroatoms. The van der Waals surface area contributed by atoms with Crippen molar-refractivity contribution in [3.8, 4) is 0 Å². The quantitative estimate of drug-likeness (QED) is 0.757. The maximum atomic E-state index is 5.75. The summed E-state index contributed by atoms with van der Waals surface area (Å²) in [5, 5.41) is 8.25. The summed E-state index contributed by atoms with van der Waals surface area (Å²) in [6.45, 7) is 3.16. The molecule has 2 rings (SSSR count). The molecule has 16 heavy (non-hydrogen) atoms. The largest absolute Gasteiger partial charge is 0.352 e. The molecular formula is C12H18ClN3. The topological polar surface area (TPSA) is 29.0 Å². The Balaban J connectivity index is 2.07. The first-order valence-electron chi connectivity index (χ1n) is 5.93. The minimum absolute atomic E-state index is 0.606. The van der Waals surface area contributed by atoms with E-state index in [9.17, 15) is 0 Å². The van der Waals surface area contributed by atoms with Crippen LogP contribution in [0.15, 0.2) is 12.3 Å². The van der Waals surface area contributed by atoms with Crippen LogP contribution in [0.1, 0.15) is 31.2 Å². The summed E-state index contributed by atoms with van der Waals surface area (Å²) in [7, 11) is 0. The lowest BCUT2D eigenvalue weighted by atomic mass is 10.1. The van der Waals surface area contributed by atoms with Crippen molar-refractivity contribution in [2.24, 2.45) is 0 Å². The normalized spacial score (nSPS) is 20.4. The average molecular weight is 240 g/mol. The van der Waals surface area contributed by atoms with Gasteiger partial charge < -0.3 is 4.90 Å². The third kappa shape index (κ3) is 2.64. The fourth-order valence-electron chi connectivity index (χ4n) is 2.34. The Morgan fingerprint density at radius 3 is 3.19 bits per heavy atom. The lowest BCUT2D eigenvalue weighted by Gasteiger charge is -2.25. The predicted molar refractivity (Wildman–Crippen MR) is 67.1 cm³/mol. The molecule has 1 saturated heterocycles. The van der Waals surface area contributed by atoms with E-state index in [1.54, 1.807) is 6.20 Å². The molecule has 0 saturated carbocycles. The second kappa shape index (κ2) is 5.48. The van der Waals surface area contributed by atoms with E-state index in [0.29, 0.717) is 6.04 Å². The average Bonchev–Trinajstić information content (AvgIpc) is 2.74. The molecule has 0 spiro atoms. The van der Waals surface area contributed by atoms with Crippen molar-refractivity contribution < 1.29 is 0 Å². The first kappa shape index (κ1) is 11.6. The van der Waals surface area contributed by atoms with Crippen molar-refractivity contribution in [3.05, 3.63) is 17.8 Å². The summed E-state index contributed by atoms with van der Waals surface area (Å²) >= 11 is 5.75. The molecule has 0 aromatic carbocycles. The molecule has 2 heterocycles. The van der Waals surface area contributed by atoms with Gasteiger partial charge in [-0.05, 0) is 44.2 Å². The number of hydrogen-bond acceptors (Lipinski definition) is 3. The lowest BCUT2D eigenvalue weighted by molar-refractivity contribution is 0.596. The Morgan fingerprint density at radius 2 is 2.44 bits per heavy atom. The van der Waals surface area contributed by atoms with Gasteiger partial charge in [-0.15, -0.1) is 16.7 Å². The van der Waals surface area contributed by atoms with Gasteiger partial charge in [-0.1, -0.05) is 0 Å². The smallest absolute Gasteiger partial charge is 0.151 e. The van der Waals surface area contributed by atoms with Crippen LogP contribution in [-0.4, -0.2) is 28.7 Å². The van der Waals surface area contributed by atoms with Gasteiger partial charge in [0.05, 0.1) is 6.20 Å². The molecule has 0 amide bonds. The van der Waals surface area contributed by atoms with Gasteiger partial charge in [0, 0.05) is 18.5 Å². The Morgan fingerprint density at radius 1 is 1.56 bits per heavy atom. The van der Waals surface area contributed by atoms with E-state index in [2.05, 4.69) is 28.1 Å². The molecule has 1 unspecified atom stereocenters. The van der Waals surface area contributed by atoms with Crippen molar-refractivity contribution in [2.75, 3.05) is 17.3 Å². The summed E-state index contributed by atoms with van der Waals surface area (Å²) in [6, 6.07) is 2.72. The van der Waals surface area contributed by atoms with Crippen molar-refractivity contribution in [3.63, 3.8) is 0 Å². The Hall–Kier alpha value is -0.830. The minimum Gasteiger partial charge on any atom is -0.352 e. The number of nitrogens with zero attached hydrogens (tertiary/aromatic N) is 3. The first-order valence-corrected chi connectivity index (χ1v) is 6.46. The molecule has 1 aromatic heterocycles. The van der Waals surface area contributed by atoms with Crippen LogP contribution >= 0.6 is 11.6 Å². The predicted octanol–water partition coefficient (Wildman–Crippen LogP) is 2.77. The molecule has 1 aliphatic heterocycles. The second-order valence-electron chi connectivity index (χ2n) is 4.41. The van der Waals surface area contributed by atoms with Crippen molar-refractivity contribution in [1.29, 1.82) is 0 Å². The number of alkyl halides is 1. The number of rotatable bonds is 4. The highest BCUT2D eigenvalue weighted by atomic mass is 35.5. The van der Waals surface area contributed by atoms with E-state index in [1.165, 1.54) is 24.8 Å².